The average molecular weight is 366 g/mol. The number of amides is 2. The second-order valence-corrected chi connectivity index (χ2v) is 7.10. The number of halogens is 1. The molecule has 0 aromatic heterocycles. The number of nitrogens with zero attached hydrogens (tertiary/aromatic N) is 2. The van der Waals surface area contributed by atoms with Crippen molar-refractivity contribution in [3.8, 4) is 5.75 Å². The molecule has 1 aromatic carbocycles. The number of benzene rings is 1. The molecule has 25 heavy (non-hydrogen) atoms. The Morgan fingerprint density at radius 3 is 2.56 bits per heavy atom. The molecule has 2 fully saturated rings. The van der Waals surface area contributed by atoms with Crippen molar-refractivity contribution in [2.45, 2.75) is 37.8 Å². The zero-order valence-electron chi connectivity index (χ0n) is 14.4. The molecule has 136 valence electrons. The Morgan fingerprint density at radius 1 is 1.20 bits per heavy atom. The van der Waals surface area contributed by atoms with Gasteiger partial charge >= 0.3 is 0 Å². The molecule has 1 aromatic rings. The van der Waals surface area contributed by atoms with E-state index < -0.39 is 0 Å². The van der Waals surface area contributed by atoms with Crippen LogP contribution in [0.5, 0.6) is 5.75 Å². The summed E-state index contributed by atoms with van der Waals surface area (Å²) < 4.78 is 5.29. The first-order chi connectivity index (χ1) is 12.0. The molecule has 0 unspecified atom stereocenters. The Kier molecular flexibility index (Phi) is 5.49. The first-order valence-corrected chi connectivity index (χ1v) is 9.07. The highest BCUT2D eigenvalue weighted by Gasteiger charge is 2.36. The number of likely N-dealkylation sites (tertiary alicyclic amines) is 2. The van der Waals surface area contributed by atoms with Gasteiger partial charge in [0.05, 0.1) is 18.7 Å². The van der Waals surface area contributed by atoms with E-state index in [2.05, 4.69) is 4.90 Å². The van der Waals surface area contributed by atoms with E-state index in [1.807, 2.05) is 4.90 Å². The van der Waals surface area contributed by atoms with Gasteiger partial charge in [0.25, 0.3) is 5.91 Å². The molecular formula is C18H24ClN3O3. The highest BCUT2D eigenvalue weighted by atomic mass is 35.5. The summed E-state index contributed by atoms with van der Waals surface area (Å²) in [6, 6.07) is 5.23. The molecule has 0 spiro atoms. The fourth-order valence-corrected chi connectivity index (χ4v) is 4.12. The van der Waals surface area contributed by atoms with E-state index in [4.69, 9.17) is 22.1 Å². The van der Waals surface area contributed by atoms with Gasteiger partial charge in [-0.05, 0) is 50.4 Å². The number of hydrogen-bond donors (Lipinski definition) is 1. The van der Waals surface area contributed by atoms with E-state index in [1.54, 1.807) is 25.3 Å². The standard InChI is InChI=1S/C18H24ClN3O3/c1-25-16-5-4-12(19)11-14(16)18(24)21-9-6-13(7-10-21)22-8-2-3-15(22)17(20)23/h4-5,11,13,15H,2-3,6-10H2,1H3,(H2,20,23)/t15-/m1/s1. The molecule has 2 aliphatic rings. The minimum absolute atomic E-state index is 0.0642. The zero-order chi connectivity index (χ0) is 18.0. The molecule has 2 aliphatic heterocycles. The number of methoxy groups -OCH3 is 1. The first-order valence-electron chi connectivity index (χ1n) is 8.69. The molecule has 0 aliphatic carbocycles. The van der Waals surface area contributed by atoms with Crippen LogP contribution in [0.4, 0.5) is 0 Å². The maximum atomic E-state index is 12.8. The van der Waals surface area contributed by atoms with Crippen molar-refractivity contribution in [1.82, 2.24) is 9.80 Å². The summed E-state index contributed by atoms with van der Waals surface area (Å²) in [6.45, 7) is 2.22. The normalized spacial score (nSPS) is 22.2. The van der Waals surface area contributed by atoms with Crippen LogP contribution in [-0.4, -0.2) is 60.4 Å². The summed E-state index contributed by atoms with van der Waals surface area (Å²) in [6.07, 6.45) is 3.54. The van der Waals surface area contributed by atoms with Crippen LogP contribution >= 0.6 is 11.6 Å². The van der Waals surface area contributed by atoms with E-state index >= 15 is 0 Å². The fourth-order valence-electron chi connectivity index (χ4n) is 3.95. The van der Waals surface area contributed by atoms with Gasteiger partial charge < -0.3 is 15.4 Å². The van der Waals surface area contributed by atoms with Crippen LogP contribution in [0.25, 0.3) is 0 Å². The predicted molar refractivity (Wildman–Crippen MR) is 95.9 cm³/mol. The number of primary amides is 1. The van der Waals surface area contributed by atoms with Gasteiger partial charge in [-0.2, -0.15) is 0 Å². The summed E-state index contributed by atoms with van der Waals surface area (Å²) >= 11 is 6.04. The van der Waals surface area contributed by atoms with Crippen LogP contribution in [-0.2, 0) is 4.79 Å². The second-order valence-electron chi connectivity index (χ2n) is 6.67. The van der Waals surface area contributed by atoms with Crippen LogP contribution in [0.2, 0.25) is 5.02 Å². The third-order valence-electron chi connectivity index (χ3n) is 5.24. The summed E-state index contributed by atoms with van der Waals surface area (Å²) in [4.78, 5) is 28.5. The maximum Gasteiger partial charge on any atom is 0.257 e. The molecule has 0 radical (unpaired) electrons. The van der Waals surface area contributed by atoms with E-state index in [1.165, 1.54) is 0 Å². The second kappa shape index (κ2) is 7.62. The van der Waals surface area contributed by atoms with Gasteiger partial charge in [-0.25, -0.2) is 0 Å². The van der Waals surface area contributed by atoms with Gasteiger partial charge in [-0.15, -0.1) is 0 Å². The van der Waals surface area contributed by atoms with Gasteiger partial charge in [-0.3, -0.25) is 14.5 Å². The van der Waals surface area contributed by atoms with Gasteiger partial charge in [0.1, 0.15) is 5.75 Å². The molecule has 3 rings (SSSR count). The quantitative estimate of drug-likeness (QED) is 0.884. The van der Waals surface area contributed by atoms with Gasteiger partial charge in [0.15, 0.2) is 0 Å². The predicted octanol–water partition coefficient (Wildman–Crippen LogP) is 1.90. The van der Waals surface area contributed by atoms with Crippen LogP contribution in [0.15, 0.2) is 18.2 Å². The zero-order valence-corrected chi connectivity index (χ0v) is 15.2. The molecule has 0 bridgehead atoms. The highest BCUT2D eigenvalue weighted by molar-refractivity contribution is 6.31. The van der Waals surface area contributed by atoms with Crippen LogP contribution in [0.3, 0.4) is 0 Å². The molecule has 2 heterocycles. The molecule has 0 saturated carbocycles. The smallest absolute Gasteiger partial charge is 0.257 e. The van der Waals surface area contributed by atoms with Crippen LogP contribution < -0.4 is 10.5 Å². The average Bonchev–Trinajstić information content (AvgIpc) is 3.11. The molecule has 6 nitrogen and oxygen atoms in total. The van der Waals surface area contributed by atoms with Crippen molar-refractivity contribution < 1.29 is 14.3 Å². The van der Waals surface area contributed by atoms with Crippen LogP contribution in [0, 0.1) is 0 Å². The number of ether oxygens (including phenoxy) is 1. The lowest BCUT2D eigenvalue weighted by atomic mass is 10.0. The maximum absolute atomic E-state index is 12.8. The minimum atomic E-state index is -0.236. The number of piperidine rings is 1. The largest absolute Gasteiger partial charge is 0.496 e. The fraction of sp³-hybridized carbons (Fsp3) is 0.556. The molecule has 7 heteroatoms. The summed E-state index contributed by atoms with van der Waals surface area (Å²) in [7, 11) is 1.55. The Bertz CT molecular complexity index is 659. The Labute approximate surface area is 152 Å². The summed E-state index contributed by atoms with van der Waals surface area (Å²) in [5.41, 5.74) is 6.01. The molecule has 1 atom stereocenters. The van der Waals surface area contributed by atoms with Gasteiger partial charge in [-0.1, -0.05) is 11.6 Å². The topological polar surface area (TPSA) is 75.9 Å². The van der Waals surface area contributed by atoms with E-state index in [0.717, 1.165) is 32.2 Å². The van der Waals surface area contributed by atoms with Crippen molar-refractivity contribution >= 4 is 23.4 Å². The third-order valence-corrected chi connectivity index (χ3v) is 5.47. The number of rotatable bonds is 4. The number of carbonyl (C=O) groups excluding carboxylic acids is 2. The Morgan fingerprint density at radius 2 is 1.92 bits per heavy atom. The highest BCUT2D eigenvalue weighted by Crippen LogP contribution is 2.28. The summed E-state index contributed by atoms with van der Waals surface area (Å²) in [5.74, 6) is 0.232. The SMILES string of the molecule is COc1ccc(Cl)cc1C(=O)N1CCC(N2CCC[C@@H]2C(N)=O)CC1. The minimum Gasteiger partial charge on any atom is -0.496 e. The monoisotopic (exact) mass is 365 g/mol. The molecule has 2 amide bonds. The number of hydrogen-bond acceptors (Lipinski definition) is 4. The lowest BCUT2D eigenvalue weighted by molar-refractivity contribution is -0.123. The van der Waals surface area contributed by atoms with Crippen molar-refractivity contribution in [2.75, 3.05) is 26.7 Å². The molecule has 2 saturated heterocycles. The summed E-state index contributed by atoms with van der Waals surface area (Å²) in [5, 5.41) is 0.514. The van der Waals surface area contributed by atoms with Crippen LogP contribution in [0.1, 0.15) is 36.0 Å². The van der Waals surface area contributed by atoms with Crippen molar-refractivity contribution in [3.63, 3.8) is 0 Å². The van der Waals surface area contributed by atoms with E-state index in [9.17, 15) is 9.59 Å². The van der Waals surface area contributed by atoms with Crippen molar-refractivity contribution in [1.29, 1.82) is 0 Å². The first kappa shape index (κ1) is 18.0. The molecular weight excluding hydrogens is 342 g/mol. The Hall–Kier alpha value is -1.79. The van der Waals surface area contributed by atoms with Crippen molar-refractivity contribution in [3.05, 3.63) is 28.8 Å². The number of carbonyl (C=O) groups is 2. The Balaban J connectivity index is 1.65. The van der Waals surface area contributed by atoms with E-state index in [-0.39, 0.29) is 17.9 Å². The lowest BCUT2D eigenvalue weighted by Crippen LogP contribution is -2.51. The van der Waals surface area contributed by atoms with E-state index in [0.29, 0.717) is 35.5 Å². The number of nitrogens with two attached hydrogens (primary N) is 1. The molecule has 2 N–H and O–H groups in total. The van der Waals surface area contributed by atoms with Crippen molar-refractivity contribution in [2.24, 2.45) is 5.73 Å². The third kappa shape index (κ3) is 3.75. The van der Waals surface area contributed by atoms with Gasteiger partial charge in [0.2, 0.25) is 5.91 Å². The van der Waals surface area contributed by atoms with Gasteiger partial charge in [0, 0.05) is 24.2 Å². The lowest BCUT2D eigenvalue weighted by Gasteiger charge is -2.38.